The molecule has 0 unspecified atom stereocenters. The molecule has 0 aliphatic rings. The second-order valence-electron chi connectivity index (χ2n) is 2.52. The lowest BCUT2D eigenvalue weighted by atomic mass is 10.2. The minimum absolute atomic E-state index is 0. The fraction of sp³-hybridized carbons (Fsp3) is 0.500. The van der Waals surface area contributed by atoms with Crippen LogP contribution in [0.15, 0.2) is 16.5 Å². The van der Waals surface area contributed by atoms with Crippen LogP contribution in [0.1, 0.15) is 24.5 Å². The molecule has 0 spiro atoms. The maximum atomic E-state index is 12.0. The van der Waals surface area contributed by atoms with Gasteiger partial charge in [-0.1, -0.05) is 6.92 Å². The van der Waals surface area contributed by atoms with Crippen LogP contribution >= 0.6 is 12.4 Å². The third-order valence-corrected chi connectivity index (χ3v) is 1.63. The molecule has 0 radical (unpaired) electrons. The minimum Gasteiger partial charge on any atom is -0.464 e. The van der Waals surface area contributed by atoms with E-state index in [1.165, 1.54) is 6.07 Å². The second kappa shape index (κ2) is 5.19. The lowest BCUT2D eigenvalue weighted by Gasteiger charge is -2.05. The Kier molecular flexibility index (Phi) is 4.95. The Hall–Kier alpha value is -0.610. The molecule has 0 amide bonds. The first kappa shape index (κ1) is 12.4. The van der Waals surface area contributed by atoms with E-state index in [1.54, 1.807) is 6.07 Å². The Morgan fingerprint density at radius 3 is 2.46 bits per heavy atom. The molecule has 0 aromatic carbocycles. The molecule has 1 aromatic heterocycles. The van der Waals surface area contributed by atoms with Gasteiger partial charge in [0, 0.05) is 6.42 Å². The van der Waals surface area contributed by atoms with Crippen molar-refractivity contribution in [2.24, 2.45) is 5.73 Å². The molecule has 2 nitrogen and oxygen atoms in total. The zero-order valence-corrected chi connectivity index (χ0v) is 7.98. The van der Waals surface area contributed by atoms with Gasteiger partial charge in [-0.3, -0.25) is 0 Å². The monoisotopic (exact) mass is 211 g/mol. The highest BCUT2D eigenvalue weighted by molar-refractivity contribution is 5.85. The van der Waals surface area contributed by atoms with E-state index < -0.39 is 12.5 Å². The average Bonchev–Trinajstić information content (AvgIpc) is 2.50. The summed E-state index contributed by atoms with van der Waals surface area (Å²) >= 11 is 0. The van der Waals surface area contributed by atoms with Gasteiger partial charge in [-0.15, -0.1) is 12.4 Å². The average molecular weight is 212 g/mol. The largest absolute Gasteiger partial charge is 0.464 e. The molecule has 1 rings (SSSR count). The molecule has 1 aromatic rings. The van der Waals surface area contributed by atoms with Gasteiger partial charge >= 0.3 is 0 Å². The van der Waals surface area contributed by atoms with Crippen molar-refractivity contribution in [3.8, 4) is 0 Å². The summed E-state index contributed by atoms with van der Waals surface area (Å²) in [5.41, 5.74) is 5.16. The fourth-order valence-electron chi connectivity index (χ4n) is 0.888. The predicted molar refractivity (Wildman–Crippen MR) is 48.3 cm³/mol. The molecule has 0 fully saturated rings. The first-order chi connectivity index (χ1) is 5.65. The van der Waals surface area contributed by atoms with Crippen LogP contribution < -0.4 is 5.73 Å². The van der Waals surface area contributed by atoms with Crippen LogP contribution in [0.5, 0.6) is 0 Å². The Morgan fingerprint density at radius 1 is 1.46 bits per heavy atom. The number of furan rings is 1. The number of hydrogen-bond acceptors (Lipinski definition) is 2. The third kappa shape index (κ3) is 2.97. The van der Waals surface area contributed by atoms with Crippen molar-refractivity contribution in [1.82, 2.24) is 0 Å². The van der Waals surface area contributed by atoms with Crippen molar-refractivity contribution in [1.29, 1.82) is 0 Å². The fourth-order valence-corrected chi connectivity index (χ4v) is 0.888. The van der Waals surface area contributed by atoms with Crippen molar-refractivity contribution < 1.29 is 13.2 Å². The van der Waals surface area contributed by atoms with Crippen molar-refractivity contribution in [2.45, 2.75) is 25.8 Å². The summed E-state index contributed by atoms with van der Waals surface area (Å²) in [5, 5.41) is 0. The summed E-state index contributed by atoms with van der Waals surface area (Å²) in [7, 11) is 0. The van der Waals surface area contributed by atoms with Crippen LogP contribution in [0.2, 0.25) is 0 Å². The van der Waals surface area contributed by atoms with Crippen LogP contribution in [-0.2, 0) is 6.42 Å². The lowest BCUT2D eigenvalue weighted by Crippen LogP contribution is -2.17. The Balaban J connectivity index is 0.00000144. The van der Waals surface area contributed by atoms with Gasteiger partial charge in [-0.2, -0.15) is 0 Å². The van der Waals surface area contributed by atoms with Gasteiger partial charge in [0.2, 0.25) is 0 Å². The van der Waals surface area contributed by atoms with Gasteiger partial charge in [-0.05, 0) is 12.1 Å². The molecule has 0 saturated heterocycles. The Morgan fingerprint density at radius 2 is 2.08 bits per heavy atom. The normalized spacial score (nSPS) is 12.7. The zero-order chi connectivity index (χ0) is 9.14. The predicted octanol–water partition coefficient (Wildman–Crippen LogP) is 2.53. The highest BCUT2D eigenvalue weighted by Gasteiger charge is 2.20. The van der Waals surface area contributed by atoms with E-state index in [0.717, 1.165) is 0 Å². The molecular formula is C8H12ClF2NO. The van der Waals surface area contributed by atoms with Gasteiger partial charge < -0.3 is 10.2 Å². The SMILES string of the molecule is CCc1ccc([C@@H](N)C(F)F)o1.Cl. The first-order valence-corrected chi connectivity index (χ1v) is 3.77. The topological polar surface area (TPSA) is 39.2 Å². The molecule has 0 saturated carbocycles. The summed E-state index contributed by atoms with van der Waals surface area (Å²) < 4.78 is 29.1. The second-order valence-corrected chi connectivity index (χ2v) is 2.52. The number of nitrogens with two attached hydrogens (primary N) is 1. The lowest BCUT2D eigenvalue weighted by molar-refractivity contribution is 0.106. The number of hydrogen-bond donors (Lipinski definition) is 1. The zero-order valence-electron chi connectivity index (χ0n) is 7.17. The van der Waals surface area contributed by atoms with E-state index in [4.69, 9.17) is 10.2 Å². The van der Waals surface area contributed by atoms with E-state index >= 15 is 0 Å². The highest BCUT2D eigenvalue weighted by atomic mass is 35.5. The minimum atomic E-state index is -2.57. The molecule has 76 valence electrons. The van der Waals surface area contributed by atoms with E-state index in [-0.39, 0.29) is 18.2 Å². The standard InChI is InChI=1S/C8H11F2NO.ClH/c1-2-5-3-4-6(12-5)7(11)8(9)10;/h3-4,7-8H,2,11H2,1H3;1H/t7-;/m1./s1. The van der Waals surface area contributed by atoms with Gasteiger partial charge in [0.15, 0.2) is 0 Å². The number of rotatable bonds is 3. The Bertz CT molecular complexity index is 252. The van der Waals surface area contributed by atoms with Crippen molar-refractivity contribution in [3.63, 3.8) is 0 Å². The number of aryl methyl sites for hydroxylation is 1. The van der Waals surface area contributed by atoms with Crippen LogP contribution in [0, 0.1) is 0 Å². The molecule has 0 aliphatic heterocycles. The number of alkyl halides is 2. The summed E-state index contributed by atoms with van der Waals surface area (Å²) in [6.45, 7) is 1.89. The molecule has 5 heteroatoms. The van der Waals surface area contributed by atoms with Gasteiger partial charge in [0.25, 0.3) is 6.43 Å². The van der Waals surface area contributed by atoms with Gasteiger partial charge in [0.05, 0.1) is 0 Å². The van der Waals surface area contributed by atoms with E-state index in [9.17, 15) is 8.78 Å². The maximum Gasteiger partial charge on any atom is 0.260 e. The first-order valence-electron chi connectivity index (χ1n) is 3.77. The van der Waals surface area contributed by atoms with Crippen LogP contribution in [-0.4, -0.2) is 6.43 Å². The summed E-state index contributed by atoms with van der Waals surface area (Å²) in [6, 6.07) is 1.86. The number of halogens is 3. The van der Waals surface area contributed by atoms with Crippen LogP contribution in [0.3, 0.4) is 0 Å². The smallest absolute Gasteiger partial charge is 0.260 e. The molecule has 13 heavy (non-hydrogen) atoms. The van der Waals surface area contributed by atoms with Gasteiger partial charge in [0.1, 0.15) is 17.6 Å². The van der Waals surface area contributed by atoms with E-state index in [1.807, 2.05) is 6.92 Å². The molecule has 1 heterocycles. The summed E-state index contributed by atoms with van der Waals surface area (Å²) in [6.07, 6.45) is -1.88. The van der Waals surface area contributed by atoms with Crippen molar-refractivity contribution in [2.75, 3.05) is 0 Å². The molecular weight excluding hydrogens is 200 g/mol. The van der Waals surface area contributed by atoms with Crippen molar-refractivity contribution >= 4 is 12.4 Å². The van der Waals surface area contributed by atoms with Crippen LogP contribution in [0.25, 0.3) is 0 Å². The summed E-state index contributed by atoms with van der Waals surface area (Å²) in [5.74, 6) is 0.836. The van der Waals surface area contributed by atoms with E-state index in [0.29, 0.717) is 12.2 Å². The molecule has 2 N–H and O–H groups in total. The van der Waals surface area contributed by atoms with Gasteiger partial charge in [-0.25, -0.2) is 8.78 Å². The summed E-state index contributed by atoms with van der Waals surface area (Å²) in [4.78, 5) is 0. The van der Waals surface area contributed by atoms with Crippen LogP contribution in [0.4, 0.5) is 8.78 Å². The van der Waals surface area contributed by atoms with E-state index in [2.05, 4.69) is 0 Å². The molecule has 0 bridgehead atoms. The third-order valence-electron chi connectivity index (χ3n) is 1.63. The highest BCUT2D eigenvalue weighted by Crippen LogP contribution is 2.20. The molecule has 1 atom stereocenters. The maximum absolute atomic E-state index is 12.0. The quantitative estimate of drug-likeness (QED) is 0.835. The van der Waals surface area contributed by atoms with Crippen molar-refractivity contribution in [3.05, 3.63) is 23.7 Å². The Labute approximate surface area is 81.5 Å². The molecule has 0 aliphatic carbocycles.